The highest BCUT2D eigenvalue weighted by Gasteiger charge is 2.14. The number of carbonyl (C=O) groups is 2. The van der Waals surface area contributed by atoms with Crippen molar-refractivity contribution >= 4 is 22.6 Å². The Bertz CT molecular complexity index is 1000. The smallest absolute Gasteiger partial charge is 0.220 e. The van der Waals surface area contributed by atoms with Gasteiger partial charge in [0.15, 0.2) is 5.78 Å². The molecule has 144 valence electrons. The summed E-state index contributed by atoms with van der Waals surface area (Å²) in [5.74, 6) is 0.00975. The van der Waals surface area contributed by atoms with E-state index in [1.54, 1.807) is 0 Å². The molecule has 0 spiro atoms. The molecule has 0 saturated carbocycles. The maximum absolute atomic E-state index is 12.4. The van der Waals surface area contributed by atoms with E-state index < -0.39 is 0 Å². The number of aryl methyl sites for hydroxylation is 3. The molecule has 4 rings (SSSR count). The molecule has 0 aliphatic heterocycles. The quantitative estimate of drug-likeness (QED) is 0.472. The minimum absolute atomic E-state index is 0.0492. The minimum atomic E-state index is -0.0492. The highest BCUT2D eigenvalue weighted by atomic mass is 16.2. The summed E-state index contributed by atoms with van der Waals surface area (Å²) in [6.45, 7) is 1.49. The maximum atomic E-state index is 12.4. The van der Waals surface area contributed by atoms with Gasteiger partial charge in [-0.3, -0.25) is 9.59 Å². The third-order valence-corrected chi connectivity index (χ3v) is 5.58. The molecule has 0 unspecified atom stereocenters. The number of ketones is 1. The van der Waals surface area contributed by atoms with E-state index in [2.05, 4.69) is 40.3 Å². The fourth-order valence-corrected chi connectivity index (χ4v) is 4.02. The molecule has 0 radical (unpaired) electrons. The second-order valence-electron chi connectivity index (χ2n) is 7.53. The number of carbonyl (C=O) groups excluding carboxylic acids is 2. The zero-order valence-corrected chi connectivity index (χ0v) is 16.1. The van der Waals surface area contributed by atoms with Crippen LogP contribution in [0.2, 0.25) is 0 Å². The zero-order valence-electron chi connectivity index (χ0n) is 16.1. The van der Waals surface area contributed by atoms with Gasteiger partial charge in [-0.2, -0.15) is 0 Å². The molecule has 2 aromatic carbocycles. The van der Waals surface area contributed by atoms with Crippen molar-refractivity contribution in [3.05, 3.63) is 71.4 Å². The molecule has 1 aliphatic rings. The number of rotatable bonds is 8. The second-order valence-corrected chi connectivity index (χ2v) is 7.53. The molecule has 28 heavy (non-hydrogen) atoms. The Morgan fingerprint density at radius 1 is 0.964 bits per heavy atom. The summed E-state index contributed by atoms with van der Waals surface area (Å²) >= 11 is 0. The Labute approximate surface area is 165 Å². The lowest BCUT2D eigenvalue weighted by molar-refractivity contribution is -0.121. The molecule has 0 fully saturated rings. The standard InChI is InChI=1S/C24H26N2O2/c27-23(21-10-9-18-6-3-7-20(18)17-21)11-12-24(28)25-14-4-15-26-16-13-19-5-1-2-8-22(19)26/h1-2,5,8-10,13,16-17H,3-4,6-7,11-12,14-15H2,(H,25,28). The van der Waals surface area contributed by atoms with E-state index in [9.17, 15) is 9.59 Å². The number of benzene rings is 2. The Morgan fingerprint density at radius 2 is 1.82 bits per heavy atom. The number of nitrogens with one attached hydrogen (secondary N) is 1. The number of aromatic nitrogens is 1. The molecule has 4 heteroatoms. The Hall–Kier alpha value is -2.88. The largest absolute Gasteiger partial charge is 0.356 e. The first-order valence-electron chi connectivity index (χ1n) is 10.2. The molecule has 4 nitrogen and oxygen atoms in total. The van der Waals surface area contributed by atoms with Gasteiger partial charge in [0.1, 0.15) is 0 Å². The number of Topliss-reactive ketones (excluding diaryl/α,β-unsaturated/α-hetero) is 1. The molecule has 0 atom stereocenters. The number of nitrogens with zero attached hydrogens (tertiary/aromatic N) is 1. The van der Waals surface area contributed by atoms with Crippen LogP contribution < -0.4 is 5.32 Å². The van der Waals surface area contributed by atoms with E-state index in [4.69, 9.17) is 0 Å². The first-order chi connectivity index (χ1) is 13.7. The molecule has 3 aromatic rings. The zero-order chi connectivity index (χ0) is 19.3. The third-order valence-electron chi connectivity index (χ3n) is 5.58. The van der Waals surface area contributed by atoms with Gasteiger partial charge in [-0.05, 0) is 60.4 Å². The summed E-state index contributed by atoms with van der Waals surface area (Å²) in [4.78, 5) is 24.4. The molecule has 0 bridgehead atoms. The molecular formula is C24H26N2O2. The Morgan fingerprint density at radius 3 is 2.75 bits per heavy atom. The second kappa shape index (κ2) is 8.42. The summed E-state index contributed by atoms with van der Waals surface area (Å²) in [5.41, 5.74) is 4.62. The highest BCUT2D eigenvalue weighted by Crippen LogP contribution is 2.23. The van der Waals surface area contributed by atoms with E-state index in [0.717, 1.165) is 31.4 Å². The van der Waals surface area contributed by atoms with Crippen LogP contribution in [0.5, 0.6) is 0 Å². The van der Waals surface area contributed by atoms with Crippen LogP contribution in [0.25, 0.3) is 10.9 Å². The van der Waals surface area contributed by atoms with Crippen LogP contribution >= 0.6 is 0 Å². The van der Waals surface area contributed by atoms with E-state index in [-0.39, 0.29) is 24.5 Å². The van der Waals surface area contributed by atoms with Crippen LogP contribution in [0.15, 0.2) is 54.7 Å². The van der Waals surface area contributed by atoms with E-state index >= 15 is 0 Å². The average Bonchev–Trinajstić information content (AvgIpc) is 3.35. The number of hydrogen-bond acceptors (Lipinski definition) is 2. The topological polar surface area (TPSA) is 51.1 Å². The first-order valence-corrected chi connectivity index (χ1v) is 10.2. The van der Waals surface area contributed by atoms with Gasteiger partial charge in [-0.1, -0.05) is 30.3 Å². The molecule has 1 aliphatic carbocycles. The van der Waals surface area contributed by atoms with Crippen molar-refractivity contribution in [2.75, 3.05) is 6.54 Å². The lowest BCUT2D eigenvalue weighted by Gasteiger charge is -2.08. The van der Waals surface area contributed by atoms with Crippen LogP contribution in [-0.2, 0) is 24.2 Å². The van der Waals surface area contributed by atoms with Gasteiger partial charge in [-0.15, -0.1) is 0 Å². The van der Waals surface area contributed by atoms with Crippen LogP contribution in [0.4, 0.5) is 0 Å². The molecular weight excluding hydrogens is 348 g/mol. The van der Waals surface area contributed by atoms with Gasteiger partial charge in [0.2, 0.25) is 5.91 Å². The summed E-state index contributed by atoms with van der Waals surface area (Å²) in [6.07, 6.45) is 6.83. The maximum Gasteiger partial charge on any atom is 0.220 e. The molecule has 1 aromatic heterocycles. The molecule has 1 N–H and O–H groups in total. The van der Waals surface area contributed by atoms with Gasteiger partial charge in [0.05, 0.1) is 0 Å². The van der Waals surface area contributed by atoms with Gasteiger partial charge < -0.3 is 9.88 Å². The first kappa shape index (κ1) is 18.5. The van der Waals surface area contributed by atoms with E-state index in [1.165, 1.54) is 28.5 Å². The number of fused-ring (bicyclic) bond motifs is 2. The predicted octanol–water partition coefficient (Wildman–Crippen LogP) is 4.30. The third kappa shape index (κ3) is 4.16. The highest BCUT2D eigenvalue weighted by molar-refractivity contribution is 5.98. The minimum Gasteiger partial charge on any atom is -0.356 e. The monoisotopic (exact) mass is 374 g/mol. The number of hydrogen-bond donors (Lipinski definition) is 1. The number of amides is 1. The van der Waals surface area contributed by atoms with Crippen LogP contribution in [0.3, 0.4) is 0 Å². The van der Waals surface area contributed by atoms with Crippen molar-refractivity contribution < 1.29 is 9.59 Å². The molecule has 1 amide bonds. The van der Waals surface area contributed by atoms with Crippen molar-refractivity contribution in [1.82, 2.24) is 9.88 Å². The van der Waals surface area contributed by atoms with Crippen molar-refractivity contribution in [1.29, 1.82) is 0 Å². The van der Waals surface area contributed by atoms with E-state index in [0.29, 0.717) is 6.54 Å². The lowest BCUT2D eigenvalue weighted by Crippen LogP contribution is -2.25. The van der Waals surface area contributed by atoms with Crippen molar-refractivity contribution in [3.63, 3.8) is 0 Å². The predicted molar refractivity (Wildman–Crippen MR) is 112 cm³/mol. The SMILES string of the molecule is O=C(CCC(=O)c1ccc2c(c1)CCC2)NCCCn1ccc2ccccc21. The Kier molecular flexibility index (Phi) is 5.56. The van der Waals surface area contributed by atoms with Crippen molar-refractivity contribution in [3.8, 4) is 0 Å². The summed E-state index contributed by atoms with van der Waals surface area (Å²) < 4.78 is 2.21. The van der Waals surface area contributed by atoms with Crippen molar-refractivity contribution in [2.24, 2.45) is 0 Å². The van der Waals surface area contributed by atoms with Gasteiger partial charge in [0, 0.05) is 43.2 Å². The summed E-state index contributed by atoms with van der Waals surface area (Å²) in [5, 5.41) is 4.17. The van der Waals surface area contributed by atoms with Gasteiger partial charge in [0.25, 0.3) is 0 Å². The normalized spacial score (nSPS) is 12.9. The average molecular weight is 374 g/mol. The van der Waals surface area contributed by atoms with Crippen molar-refractivity contribution in [2.45, 2.75) is 45.1 Å². The molecule has 0 saturated heterocycles. The van der Waals surface area contributed by atoms with Crippen LogP contribution in [0, 0.1) is 0 Å². The lowest BCUT2D eigenvalue weighted by atomic mass is 10.0. The van der Waals surface area contributed by atoms with Crippen LogP contribution in [0.1, 0.15) is 47.2 Å². The van der Waals surface area contributed by atoms with Gasteiger partial charge in [-0.25, -0.2) is 0 Å². The fourth-order valence-electron chi connectivity index (χ4n) is 4.02. The number of para-hydroxylation sites is 1. The van der Waals surface area contributed by atoms with E-state index in [1.807, 2.05) is 24.3 Å². The fraction of sp³-hybridized carbons (Fsp3) is 0.333. The van der Waals surface area contributed by atoms with Gasteiger partial charge >= 0.3 is 0 Å². The summed E-state index contributed by atoms with van der Waals surface area (Å²) in [6, 6.07) is 16.4. The summed E-state index contributed by atoms with van der Waals surface area (Å²) in [7, 11) is 0. The van der Waals surface area contributed by atoms with Crippen LogP contribution in [-0.4, -0.2) is 22.8 Å². The Balaban J connectivity index is 1.19. The molecule has 1 heterocycles.